The van der Waals surface area contributed by atoms with Gasteiger partial charge in [-0.3, -0.25) is 9.69 Å². The van der Waals surface area contributed by atoms with Gasteiger partial charge in [0.1, 0.15) is 5.75 Å². The topological polar surface area (TPSA) is 93.0 Å². The monoisotopic (exact) mass is 412 g/mol. The normalized spacial score (nSPS) is 16.4. The summed E-state index contributed by atoms with van der Waals surface area (Å²) in [7, 11) is 0. The maximum absolute atomic E-state index is 12.7. The van der Waals surface area contributed by atoms with Crippen LogP contribution in [0.15, 0.2) is 48.5 Å². The number of fused-ring (bicyclic) bond motifs is 1. The van der Waals surface area contributed by atoms with Crippen molar-refractivity contribution < 1.29 is 20.1 Å². The molecule has 6 heteroatoms. The molecular formula is C24H32N2O4. The molecule has 0 heterocycles. The number of phenolic OH excluding ortho intramolecular Hbond substituents is 1. The lowest BCUT2D eigenvalue weighted by atomic mass is 9.99. The van der Waals surface area contributed by atoms with E-state index in [4.69, 9.17) is 0 Å². The van der Waals surface area contributed by atoms with E-state index in [2.05, 4.69) is 17.4 Å². The van der Waals surface area contributed by atoms with Gasteiger partial charge in [-0.2, -0.15) is 0 Å². The number of aliphatic hydroxyl groups is 2. The molecule has 0 bridgehead atoms. The quantitative estimate of drug-likeness (QED) is 0.454. The summed E-state index contributed by atoms with van der Waals surface area (Å²) in [4.78, 5) is 14.7. The van der Waals surface area contributed by atoms with Crippen LogP contribution in [0.1, 0.15) is 42.0 Å². The molecule has 162 valence electrons. The van der Waals surface area contributed by atoms with Gasteiger partial charge in [-0.1, -0.05) is 36.4 Å². The van der Waals surface area contributed by atoms with E-state index in [1.54, 1.807) is 12.1 Å². The Morgan fingerprint density at radius 3 is 2.47 bits per heavy atom. The molecule has 2 aromatic carbocycles. The first-order valence-corrected chi connectivity index (χ1v) is 10.7. The number of nitrogens with zero attached hydrogens (tertiary/aromatic N) is 1. The summed E-state index contributed by atoms with van der Waals surface area (Å²) in [5.74, 6) is 0.245. The van der Waals surface area contributed by atoms with Crippen molar-refractivity contribution in [3.63, 3.8) is 0 Å². The fourth-order valence-corrected chi connectivity index (χ4v) is 4.32. The first-order chi connectivity index (χ1) is 14.6. The average Bonchev–Trinajstić information content (AvgIpc) is 3.15. The molecule has 0 fully saturated rings. The Morgan fingerprint density at radius 1 is 1.07 bits per heavy atom. The van der Waals surface area contributed by atoms with Crippen LogP contribution >= 0.6 is 0 Å². The van der Waals surface area contributed by atoms with Gasteiger partial charge in [0.2, 0.25) is 5.91 Å². The largest absolute Gasteiger partial charge is 0.508 e. The molecule has 2 atom stereocenters. The van der Waals surface area contributed by atoms with Crippen molar-refractivity contribution in [3.8, 4) is 5.75 Å². The van der Waals surface area contributed by atoms with Crippen LogP contribution in [0, 0.1) is 0 Å². The van der Waals surface area contributed by atoms with Crippen molar-refractivity contribution in [1.82, 2.24) is 10.2 Å². The van der Waals surface area contributed by atoms with E-state index in [0.717, 1.165) is 18.4 Å². The SMILES string of the molecule is O=C(CC[C@H](Cc1ccc(O)cc1)N(CCO)CCO)NC1CCc2ccccc21. The number of hydrogen-bond acceptors (Lipinski definition) is 5. The van der Waals surface area contributed by atoms with E-state index < -0.39 is 0 Å². The highest BCUT2D eigenvalue weighted by molar-refractivity contribution is 5.76. The minimum absolute atomic E-state index is 0.00284. The molecule has 30 heavy (non-hydrogen) atoms. The molecule has 6 nitrogen and oxygen atoms in total. The maximum atomic E-state index is 12.7. The van der Waals surface area contributed by atoms with Crippen molar-refractivity contribution in [2.45, 2.75) is 44.2 Å². The number of benzene rings is 2. The van der Waals surface area contributed by atoms with Crippen molar-refractivity contribution in [1.29, 1.82) is 0 Å². The highest BCUT2D eigenvalue weighted by Crippen LogP contribution is 2.30. The predicted molar refractivity (Wildman–Crippen MR) is 116 cm³/mol. The second-order valence-corrected chi connectivity index (χ2v) is 7.90. The molecule has 2 aromatic rings. The molecule has 1 amide bonds. The van der Waals surface area contributed by atoms with Gasteiger partial charge >= 0.3 is 0 Å². The molecule has 3 rings (SSSR count). The summed E-state index contributed by atoms with van der Waals surface area (Å²) in [6, 6.07) is 15.4. The van der Waals surface area contributed by atoms with Crippen LogP contribution in [0.4, 0.5) is 0 Å². The summed E-state index contributed by atoms with van der Waals surface area (Å²) >= 11 is 0. The van der Waals surface area contributed by atoms with Crippen molar-refractivity contribution >= 4 is 5.91 Å². The van der Waals surface area contributed by atoms with Crippen LogP contribution in [0.5, 0.6) is 5.75 Å². The summed E-state index contributed by atoms with van der Waals surface area (Å²) in [6.07, 6.45) is 3.62. The molecule has 0 radical (unpaired) electrons. The smallest absolute Gasteiger partial charge is 0.220 e. The molecule has 0 aromatic heterocycles. The summed E-state index contributed by atoms with van der Waals surface area (Å²) < 4.78 is 0. The van der Waals surface area contributed by atoms with Gasteiger partial charge in [-0.25, -0.2) is 0 Å². The van der Waals surface area contributed by atoms with Crippen LogP contribution < -0.4 is 5.32 Å². The highest BCUT2D eigenvalue weighted by atomic mass is 16.3. The minimum atomic E-state index is -0.00284. The van der Waals surface area contributed by atoms with E-state index in [1.165, 1.54) is 11.1 Å². The number of aliphatic hydroxyl groups excluding tert-OH is 2. The van der Waals surface area contributed by atoms with E-state index in [1.807, 2.05) is 29.2 Å². The number of hydrogen-bond donors (Lipinski definition) is 4. The Hall–Kier alpha value is -2.41. The second kappa shape index (κ2) is 11.1. The number of carbonyl (C=O) groups excluding carboxylic acids is 1. The van der Waals surface area contributed by atoms with E-state index in [0.29, 0.717) is 32.4 Å². The molecule has 0 saturated carbocycles. The summed E-state index contributed by atoms with van der Waals surface area (Å²) in [6.45, 7) is 0.885. The first kappa shape index (κ1) is 22.3. The lowest BCUT2D eigenvalue weighted by Gasteiger charge is -2.31. The van der Waals surface area contributed by atoms with Crippen molar-refractivity contribution in [3.05, 3.63) is 65.2 Å². The Morgan fingerprint density at radius 2 is 1.77 bits per heavy atom. The van der Waals surface area contributed by atoms with Gasteiger partial charge < -0.3 is 20.6 Å². The number of rotatable bonds is 11. The lowest BCUT2D eigenvalue weighted by Crippen LogP contribution is -2.41. The number of phenols is 1. The molecule has 1 unspecified atom stereocenters. The van der Waals surface area contributed by atoms with E-state index in [-0.39, 0.29) is 37.0 Å². The lowest BCUT2D eigenvalue weighted by molar-refractivity contribution is -0.122. The number of aromatic hydroxyl groups is 1. The van der Waals surface area contributed by atoms with Gasteiger partial charge in [0, 0.05) is 25.6 Å². The van der Waals surface area contributed by atoms with E-state index in [9.17, 15) is 20.1 Å². The fraction of sp³-hybridized carbons (Fsp3) is 0.458. The maximum Gasteiger partial charge on any atom is 0.220 e. The fourth-order valence-electron chi connectivity index (χ4n) is 4.32. The number of amides is 1. The van der Waals surface area contributed by atoms with Crippen LogP contribution in [0.25, 0.3) is 0 Å². The Kier molecular flexibility index (Phi) is 8.25. The minimum Gasteiger partial charge on any atom is -0.508 e. The van der Waals surface area contributed by atoms with Gasteiger partial charge in [0.15, 0.2) is 0 Å². The molecule has 0 aliphatic heterocycles. The molecule has 1 aliphatic carbocycles. The number of carbonyl (C=O) groups is 1. The van der Waals surface area contributed by atoms with E-state index >= 15 is 0 Å². The number of nitrogens with one attached hydrogen (secondary N) is 1. The van der Waals surface area contributed by atoms with Gasteiger partial charge in [0.05, 0.1) is 19.3 Å². The zero-order valence-electron chi connectivity index (χ0n) is 17.3. The third kappa shape index (κ3) is 6.05. The van der Waals surface area contributed by atoms with Crippen LogP contribution in [0.3, 0.4) is 0 Å². The molecule has 4 N–H and O–H groups in total. The zero-order valence-corrected chi connectivity index (χ0v) is 17.3. The summed E-state index contributed by atoms with van der Waals surface area (Å²) in [5.41, 5.74) is 3.57. The second-order valence-electron chi connectivity index (χ2n) is 7.90. The average molecular weight is 413 g/mol. The van der Waals surface area contributed by atoms with Crippen LogP contribution in [-0.2, 0) is 17.6 Å². The number of aryl methyl sites for hydroxylation is 1. The summed E-state index contributed by atoms with van der Waals surface area (Å²) in [5, 5.41) is 31.6. The van der Waals surface area contributed by atoms with Crippen molar-refractivity contribution in [2.75, 3.05) is 26.3 Å². The Labute approximate surface area is 178 Å². The van der Waals surface area contributed by atoms with Gasteiger partial charge in [0.25, 0.3) is 0 Å². The van der Waals surface area contributed by atoms with Crippen LogP contribution in [-0.4, -0.2) is 58.5 Å². The van der Waals surface area contributed by atoms with Gasteiger partial charge in [-0.15, -0.1) is 0 Å². The first-order valence-electron chi connectivity index (χ1n) is 10.7. The highest BCUT2D eigenvalue weighted by Gasteiger charge is 2.24. The molecule has 0 spiro atoms. The third-order valence-electron chi connectivity index (χ3n) is 5.87. The molecular weight excluding hydrogens is 380 g/mol. The van der Waals surface area contributed by atoms with Gasteiger partial charge in [-0.05, 0) is 54.5 Å². The van der Waals surface area contributed by atoms with Crippen molar-refractivity contribution in [2.24, 2.45) is 0 Å². The molecule has 0 saturated heterocycles. The molecule has 1 aliphatic rings. The Balaban J connectivity index is 1.61. The predicted octanol–water partition coefficient (Wildman–Crippen LogP) is 2.17. The van der Waals surface area contributed by atoms with Crippen LogP contribution in [0.2, 0.25) is 0 Å². The Bertz CT molecular complexity index is 803. The standard InChI is InChI=1S/C24H32N2O4/c27-15-13-26(14-16-28)20(17-18-5-9-21(29)10-6-18)8-12-24(30)25-23-11-7-19-3-1-2-4-22(19)23/h1-6,9-10,20,23,27-29H,7-8,11-17H2,(H,25,30)/t20-,23?/m1/s1. The zero-order chi connectivity index (χ0) is 21.3. The third-order valence-corrected chi connectivity index (χ3v) is 5.87.